The van der Waals surface area contributed by atoms with E-state index in [0.717, 1.165) is 0 Å². The molecular weight excluding hydrogens is 246 g/mol. The molecule has 7 nitrogen and oxygen atoms in total. The zero-order chi connectivity index (χ0) is 12.3. The number of aromatic amines is 1. The molecule has 0 unspecified atom stereocenters. The third-order valence-corrected chi connectivity index (χ3v) is 2.13. The molecule has 0 aliphatic rings. The number of halogens is 1. The lowest BCUT2D eigenvalue weighted by molar-refractivity contribution is -0.140. The Morgan fingerprint density at radius 3 is 3.18 bits per heavy atom. The van der Waals surface area contributed by atoms with Crippen LogP contribution < -0.4 is 5.32 Å². The van der Waals surface area contributed by atoms with Crippen molar-refractivity contribution in [3.63, 3.8) is 0 Å². The Hall–Kier alpha value is -1.89. The molecule has 17 heavy (non-hydrogen) atoms. The van der Waals surface area contributed by atoms with Crippen LogP contribution in [-0.4, -0.2) is 39.1 Å². The average molecular weight is 256 g/mol. The van der Waals surface area contributed by atoms with E-state index in [-0.39, 0.29) is 17.8 Å². The van der Waals surface area contributed by atoms with Crippen molar-refractivity contribution < 1.29 is 9.53 Å². The Morgan fingerprint density at radius 2 is 2.41 bits per heavy atom. The van der Waals surface area contributed by atoms with Crippen LogP contribution in [0.5, 0.6) is 0 Å². The number of aromatic nitrogens is 4. The van der Waals surface area contributed by atoms with Crippen molar-refractivity contribution in [2.24, 2.45) is 0 Å². The third-order valence-electron chi connectivity index (χ3n) is 1.96. The van der Waals surface area contributed by atoms with Gasteiger partial charge in [-0.1, -0.05) is 0 Å². The number of carbonyl (C=O) groups is 1. The fraction of sp³-hybridized carbons (Fsp3) is 0.333. The molecule has 0 spiro atoms. The van der Waals surface area contributed by atoms with Crippen molar-refractivity contribution in [1.82, 2.24) is 19.9 Å². The van der Waals surface area contributed by atoms with Gasteiger partial charge in [0, 0.05) is 0 Å². The predicted molar refractivity (Wildman–Crippen MR) is 61.8 cm³/mol. The zero-order valence-electron chi connectivity index (χ0n) is 9.03. The number of hydrogen-bond donors (Lipinski definition) is 2. The highest BCUT2D eigenvalue weighted by Crippen LogP contribution is 2.18. The van der Waals surface area contributed by atoms with Crippen molar-refractivity contribution in [3.05, 3.63) is 11.6 Å². The quantitative estimate of drug-likeness (QED) is 0.625. The first-order valence-electron chi connectivity index (χ1n) is 4.97. The molecule has 0 saturated carbocycles. The normalized spacial score (nSPS) is 10.5. The fourth-order valence-electron chi connectivity index (χ4n) is 1.30. The summed E-state index contributed by atoms with van der Waals surface area (Å²) in [6.45, 7) is 2.09. The van der Waals surface area contributed by atoms with Crippen molar-refractivity contribution in [1.29, 1.82) is 0 Å². The van der Waals surface area contributed by atoms with Gasteiger partial charge in [-0.2, -0.15) is 9.97 Å². The molecule has 0 bridgehead atoms. The monoisotopic (exact) mass is 255 g/mol. The largest absolute Gasteiger partial charge is 0.465 e. The minimum atomic E-state index is -0.366. The molecule has 0 fully saturated rings. The molecule has 90 valence electrons. The standard InChI is InChI=1S/C9H10ClN5O2/c1-2-17-5(16)3-11-7-6-8(13-4-12-6)15-9(10)14-7/h4H,2-3H2,1H3,(H2,11,12,13,14,15). The molecule has 0 aliphatic heterocycles. The van der Waals surface area contributed by atoms with Crippen LogP contribution in [0.1, 0.15) is 6.92 Å². The first kappa shape index (κ1) is 11.6. The van der Waals surface area contributed by atoms with Crippen LogP contribution in [0.4, 0.5) is 5.82 Å². The van der Waals surface area contributed by atoms with Crippen LogP contribution in [0.15, 0.2) is 6.33 Å². The number of ether oxygens (including phenoxy) is 1. The van der Waals surface area contributed by atoms with Crippen LogP contribution in [0.2, 0.25) is 5.28 Å². The summed E-state index contributed by atoms with van der Waals surface area (Å²) in [7, 11) is 0. The van der Waals surface area contributed by atoms with E-state index in [0.29, 0.717) is 23.6 Å². The van der Waals surface area contributed by atoms with Crippen LogP contribution in [-0.2, 0) is 9.53 Å². The number of anilines is 1. The number of nitrogens with one attached hydrogen (secondary N) is 2. The number of H-pyrrole nitrogens is 1. The summed E-state index contributed by atoms with van der Waals surface area (Å²) >= 11 is 5.72. The van der Waals surface area contributed by atoms with Crippen LogP contribution in [0.25, 0.3) is 11.2 Å². The van der Waals surface area contributed by atoms with Crippen molar-refractivity contribution in [2.45, 2.75) is 6.92 Å². The van der Waals surface area contributed by atoms with E-state index >= 15 is 0 Å². The second-order valence-corrected chi connectivity index (χ2v) is 3.44. The highest BCUT2D eigenvalue weighted by Gasteiger charge is 2.10. The van der Waals surface area contributed by atoms with Gasteiger partial charge in [0.15, 0.2) is 11.5 Å². The Morgan fingerprint density at radius 1 is 1.59 bits per heavy atom. The number of carbonyl (C=O) groups excluding carboxylic acids is 1. The summed E-state index contributed by atoms with van der Waals surface area (Å²) in [4.78, 5) is 25.9. The second-order valence-electron chi connectivity index (χ2n) is 3.10. The summed E-state index contributed by atoms with van der Waals surface area (Å²) in [5, 5.41) is 2.88. The molecular formula is C9H10ClN5O2. The van der Waals surface area contributed by atoms with Gasteiger partial charge in [-0.3, -0.25) is 4.79 Å². The van der Waals surface area contributed by atoms with Gasteiger partial charge in [-0.05, 0) is 18.5 Å². The Labute approximate surface area is 102 Å². The number of fused-ring (bicyclic) bond motifs is 1. The molecule has 2 aromatic heterocycles. The lowest BCUT2D eigenvalue weighted by atomic mass is 10.5. The molecule has 8 heteroatoms. The first-order chi connectivity index (χ1) is 8.20. The number of hydrogen-bond acceptors (Lipinski definition) is 6. The summed E-state index contributed by atoms with van der Waals surface area (Å²) in [6.07, 6.45) is 1.48. The van der Waals surface area contributed by atoms with Gasteiger partial charge in [0.1, 0.15) is 12.1 Å². The van der Waals surface area contributed by atoms with E-state index in [2.05, 4.69) is 25.3 Å². The van der Waals surface area contributed by atoms with E-state index in [1.165, 1.54) is 6.33 Å². The maximum Gasteiger partial charge on any atom is 0.325 e. The molecule has 0 aromatic carbocycles. The van der Waals surface area contributed by atoms with Gasteiger partial charge in [0.25, 0.3) is 0 Å². The lowest BCUT2D eigenvalue weighted by Crippen LogP contribution is -2.17. The Kier molecular flexibility index (Phi) is 3.38. The lowest BCUT2D eigenvalue weighted by Gasteiger charge is -2.05. The van der Waals surface area contributed by atoms with Gasteiger partial charge in [-0.25, -0.2) is 4.98 Å². The smallest absolute Gasteiger partial charge is 0.325 e. The van der Waals surface area contributed by atoms with E-state index in [9.17, 15) is 4.79 Å². The molecule has 0 radical (unpaired) electrons. The van der Waals surface area contributed by atoms with Gasteiger partial charge < -0.3 is 15.0 Å². The van der Waals surface area contributed by atoms with E-state index in [4.69, 9.17) is 16.3 Å². The van der Waals surface area contributed by atoms with Gasteiger partial charge in [0.05, 0.1) is 12.9 Å². The van der Waals surface area contributed by atoms with Gasteiger partial charge in [-0.15, -0.1) is 0 Å². The highest BCUT2D eigenvalue weighted by atomic mass is 35.5. The molecule has 0 atom stereocenters. The molecule has 0 aliphatic carbocycles. The van der Waals surface area contributed by atoms with E-state index in [1.54, 1.807) is 6.92 Å². The minimum absolute atomic E-state index is 0.00923. The first-order valence-corrected chi connectivity index (χ1v) is 5.34. The van der Waals surface area contributed by atoms with Gasteiger partial charge >= 0.3 is 5.97 Å². The zero-order valence-corrected chi connectivity index (χ0v) is 9.78. The molecule has 2 rings (SSSR count). The van der Waals surface area contributed by atoms with Crippen molar-refractivity contribution in [2.75, 3.05) is 18.5 Å². The summed E-state index contributed by atoms with van der Waals surface area (Å²) in [5.74, 6) is 0.0560. The predicted octanol–water partition coefficient (Wildman–Crippen LogP) is 0.981. The third kappa shape index (κ3) is 2.62. The summed E-state index contributed by atoms with van der Waals surface area (Å²) < 4.78 is 4.78. The minimum Gasteiger partial charge on any atom is -0.465 e. The van der Waals surface area contributed by atoms with Crippen LogP contribution >= 0.6 is 11.6 Å². The fourth-order valence-corrected chi connectivity index (χ4v) is 1.47. The average Bonchev–Trinajstić information content (AvgIpc) is 2.74. The number of esters is 1. The van der Waals surface area contributed by atoms with Crippen molar-refractivity contribution in [3.8, 4) is 0 Å². The molecule has 2 heterocycles. The van der Waals surface area contributed by atoms with E-state index < -0.39 is 0 Å². The maximum absolute atomic E-state index is 11.2. The number of imidazole rings is 1. The maximum atomic E-state index is 11.2. The van der Waals surface area contributed by atoms with Crippen molar-refractivity contribution >= 4 is 34.6 Å². The van der Waals surface area contributed by atoms with E-state index in [1.807, 2.05) is 0 Å². The molecule has 2 aromatic rings. The summed E-state index contributed by atoms with van der Waals surface area (Å²) in [5.41, 5.74) is 1.04. The molecule has 0 saturated heterocycles. The number of rotatable bonds is 4. The van der Waals surface area contributed by atoms with Gasteiger partial charge in [0.2, 0.25) is 5.28 Å². The SMILES string of the molecule is CCOC(=O)CNc1nc(Cl)nc2nc[nH]c12. The second kappa shape index (κ2) is 4.96. The van der Waals surface area contributed by atoms with Crippen LogP contribution in [0.3, 0.4) is 0 Å². The Balaban J connectivity index is 2.17. The highest BCUT2D eigenvalue weighted by molar-refractivity contribution is 6.28. The van der Waals surface area contributed by atoms with Crippen LogP contribution in [0, 0.1) is 0 Å². The topological polar surface area (TPSA) is 92.8 Å². The summed E-state index contributed by atoms with van der Waals surface area (Å²) in [6, 6.07) is 0. The Bertz CT molecular complexity index is 541. The molecule has 0 amide bonds. The number of nitrogens with zero attached hydrogens (tertiary/aromatic N) is 3. The molecule has 2 N–H and O–H groups in total.